The summed E-state index contributed by atoms with van der Waals surface area (Å²) in [5, 5.41) is 25.8. The van der Waals surface area contributed by atoms with Gasteiger partial charge < -0.3 is 9.88 Å². The number of nitriles is 1. The number of H-pyrrole nitrogens is 1. The Morgan fingerprint density at radius 2 is 2.18 bits per heavy atom. The van der Waals surface area contributed by atoms with Crippen molar-refractivity contribution in [1.82, 2.24) is 25.2 Å². The molecule has 108 valence electrons. The Morgan fingerprint density at radius 1 is 1.36 bits per heavy atom. The minimum Gasteiger partial charge on any atom is -0.359 e. The van der Waals surface area contributed by atoms with Gasteiger partial charge in [0.1, 0.15) is 11.6 Å². The van der Waals surface area contributed by atoms with E-state index in [0.717, 1.165) is 16.9 Å². The number of nitrogens with zero attached hydrogens (tertiary/aromatic N) is 5. The molecule has 0 saturated carbocycles. The molecule has 0 amide bonds. The van der Waals surface area contributed by atoms with Crippen molar-refractivity contribution in [2.45, 2.75) is 6.92 Å². The molecule has 2 aromatic heterocycles. The molecule has 3 rings (SSSR count). The SMILES string of the molecule is Cc1ccc(-n2cccc2)c(NC=C(C#N)c2nn[nH]n2)c1. The van der Waals surface area contributed by atoms with E-state index in [9.17, 15) is 5.26 Å². The summed E-state index contributed by atoms with van der Waals surface area (Å²) >= 11 is 0. The van der Waals surface area contributed by atoms with Gasteiger partial charge in [-0.2, -0.15) is 10.5 Å². The fourth-order valence-corrected chi connectivity index (χ4v) is 2.06. The Morgan fingerprint density at radius 3 is 2.86 bits per heavy atom. The average Bonchev–Trinajstić information content (AvgIpc) is 3.21. The van der Waals surface area contributed by atoms with Gasteiger partial charge in [-0.05, 0) is 42.0 Å². The number of nitrogens with one attached hydrogen (secondary N) is 2. The lowest BCUT2D eigenvalue weighted by molar-refractivity contribution is 0.881. The first kappa shape index (κ1) is 13.6. The molecule has 0 bridgehead atoms. The third-order valence-corrected chi connectivity index (χ3v) is 3.11. The quantitative estimate of drug-likeness (QED) is 0.719. The molecule has 7 nitrogen and oxygen atoms in total. The van der Waals surface area contributed by atoms with Gasteiger partial charge in [-0.3, -0.25) is 0 Å². The van der Waals surface area contributed by atoms with Gasteiger partial charge in [-0.25, -0.2) is 0 Å². The topological polar surface area (TPSA) is 95.2 Å². The summed E-state index contributed by atoms with van der Waals surface area (Å²) in [6, 6.07) is 12.0. The lowest BCUT2D eigenvalue weighted by atomic mass is 10.2. The summed E-state index contributed by atoms with van der Waals surface area (Å²) in [5.74, 6) is 0.255. The molecule has 1 aromatic carbocycles. The number of tetrazole rings is 1. The normalized spacial score (nSPS) is 11.2. The van der Waals surface area contributed by atoms with E-state index >= 15 is 0 Å². The molecular formula is C15H13N7. The minimum absolute atomic E-state index is 0.255. The molecule has 3 aromatic rings. The Kier molecular flexibility index (Phi) is 3.66. The van der Waals surface area contributed by atoms with E-state index in [1.54, 1.807) is 6.20 Å². The summed E-state index contributed by atoms with van der Waals surface area (Å²) in [6.07, 6.45) is 5.50. The molecule has 0 unspecified atom stereocenters. The second-order valence-electron chi connectivity index (χ2n) is 4.66. The molecule has 0 aliphatic rings. The molecular weight excluding hydrogens is 278 g/mol. The molecule has 0 aliphatic carbocycles. The summed E-state index contributed by atoms with van der Waals surface area (Å²) in [4.78, 5) is 0. The first-order chi connectivity index (χ1) is 10.8. The second-order valence-corrected chi connectivity index (χ2v) is 4.66. The molecule has 0 spiro atoms. The van der Waals surface area contributed by atoms with Gasteiger partial charge in [0.15, 0.2) is 0 Å². The van der Waals surface area contributed by atoms with Crippen LogP contribution in [-0.4, -0.2) is 25.2 Å². The Balaban J connectivity index is 1.95. The van der Waals surface area contributed by atoms with E-state index in [4.69, 9.17) is 0 Å². The van der Waals surface area contributed by atoms with Crippen molar-refractivity contribution in [3.8, 4) is 11.8 Å². The van der Waals surface area contributed by atoms with E-state index in [1.165, 1.54) is 0 Å². The predicted molar refractivity (Wildman–Crippen MR) is 81.9 cm³/mol. The molecule has 22 heavy (non-hydrogen) atoms. The van der Waals surface area contributed by atoms with Crippen LogP contribution in [0.3, 0.4) is 0 Å². The van der Waals surface area contributed by atoms with Crippen LogP contribution in [-0.2, 0) is 0 Å². The Bertz CT molecular complexity index is 823. The second kappa shape index (κ2) is 5.93. The average molecular weight is 291 g/mol. The summed E-state index contributed by atoms with van der Waals surface area (Å²) in [6.45, 7) is 2.01. The van der Waals surface area contributed by atoms with Crippen LogP contribution < -0.4 is 5.32 Å². The Hall–Kier alpha value is -3.40. The van der Waals surface area contributed by atoms with Crippen molar-refractivity contribution in [3.05, 3.63) is 60.3 Å². The van der Waals surface area contributed by atoms with Gasteiger partial charge in [0, 0.05) is 18.6 Å². The number of aromatic amines is 1. The van der Waals surface area contributed by atoms with Gasteiger partial charge in [0.25, 0.3) is 0 Å². The Labute approximate surface area is 126 Å². The van der Waals surface area contributed by atoms with E-state index in [1.807, 2.05) is 54.2 Å². The van der Waals surface area contributed by atoms with Crippen LogP contribution >= 0.6 is 0 Å². The van der Waals surface area contributed by atoms with Gasteiger partial charge in [-0.1, -0.05) is 6.07 Å². The van der Waals surface area contributed by atoms with Crippen LogP contribution in [0, 0.1) is 18.3 Å². The van der Waals surface area contributed by atoms with Gasteiger partial charge in [0.2, 0.25) is 5.82 Å². The lowest BCUT2D eigenvalue weighted by Crippen LogP contribution is -1.99. The highest BCUT2D eigenvalue weighted by Gasteiger charge is 2.07. The maximum Gasteiger partial charge on any atom is 0.216 e. The molecule has 0 saturated heterocycles. The molecule has 2 heterocycles. The van der Waals surface area contributed by atoms with Gasteiger partial charge >= 0.3 is 0 Å². The number of hydrogen-bond acceptors (Lipinski definition) is 5. The summed E-state index contributed by atoms with van der Waals surface area (Å²) in [5.41, 5.74) is 3.28. The van der Waals surface area contributed by atoms with Crippen molar-refractivity contribution >= 4 is 11.3 Å². The van der Waals surface area contributed by atoms with Gasteiger partial charge in [-0.15, -0.1) is 10.2 Å². The van der Waals surface area contributed by atoms with E-state index < -0.39 is 0 Å². The minimum atomic E-state index is 0.255. The first-order valence-electron chi connectivity index (χ1n) is 6.62. The fourth-order valence-electron chi connectivity index (χ4n) is 2.06. The maximum atomic E-state index is 9.20. The molecule has 2 N–H and O–H groups in total. The van der Waals surface area contributed by atoms with Crippen molar-refractivity contribution in [1.29, 1.82) is 5.26 Å². The lowest BCUT2D eigenvalue weighted by Gasteiger charge is -2.11. The standard InChI is InChI=1S/C15H13N7/c1-11-4-5-14(22-6-2-3-7-22)13(8-11)17-10-12(9-16)15-18-20-21-19-15/h2-8,10,17H,1H3,(H,18,19,20,21). The number of benzene rings is 1. The van der Waals surface area contributed by atoms with Crippen LogP contribution in [0.25, 0.3) is 11.3 Å². The fraction of sp³-hybridized carbons (Fsp3) is 0.0667. The molecule has 7 heteroatoms. The highest BCUT2D eigenvalue weighted by molar-refractivity contribution is 5.75. The monoisotopic (exact) mass is 291 g/mol. The third kappa shape index (κ3) is 2.71. The molecule has 0 fully saturated rings. The largest absolute Gasteiger partial charge is 0.359 e. The number of hydrogen-bond donors (Lipinski definition) is 2. The van der Waals surface area contributed by atoms with E-state index in [-0.39, 0.29) is 5.82 Å². The molecule has 0 atom stereocenters. The van der Waals surface area contributed by atoms with Crippen LogP contribution in [0.4, 0.5) is 5.69 Å². The van der Waals surface area contributed by atoms with Crippen LogP contribution in [0.2, 0.25) is 0 Å². The predicted octanol–water partition coefficient (Wildman–Crippen LogP) is 2.28. The highest BCUT2D eigenvalue weighted by Crippen LogP contribution is 2.22. The van der Waals surface area contributed by atoms with Crippen LogP contribution in [0.1, 0.15) is 11.4 Å². The number of aryl methyl sites for hydroxylation is 1. The first-order valence-corrected chi connectivity index (χ1v) is 6.62. The highest BCUT2D eigenvalue weighted by atomic mass is 15.5. The van der Waals surface area contributed by atoms with Crippen molar-refractivity contribution < 1.29 is 0 Å². The maximum absolute atomic E-state index is 9.20. The number of anilines is 1. The number of aromatic nitrogens is 5. The van der Waals surface area contributed by atoms with E-state index in [2.05, 4.69) is 32.0 Å². The smallest absolute Gasteiger partial charge is 0.216 e. The van der Waals surface area contributed by atoms with Crippen molar-refractivity contribution in [2.24, 2.45) is 0 Å². The van der Waals surface area contributed by atoms with Crippen LogP contribution in [0.5, 0.6) is 0 Å². The van der Waals surface area contributed by atoms with E-state index in [0.29, 0.717) is 5.57 Å². The number of allylic oxidation sites excluding steroid dienone is 1. The van der Waals surface area contributed by atoms with Crippen LogP contribution in [0.15, 0.2) is 48.9 Å². The van der Waals surface area contributed by atoms with Gasteiger partial charge in [0.05, 0.1) is 11.4 Å². The zero-order chi connectivity index (χ0) is 15.4. The zero-order valence-electron chi connectivity index (χ0n) is 11.9. The zero-order valence-corrected chi connectivity index (χ0v) is 11.9. The molecule has 0 radical (unpaired) electrons. The summed E-state index contributed by atoms with van der Waals surface area (Å²) in [7, 11) is 0. The number of rotatable bonds is 4. The van der Waals surface area contributed by atoms with Crippen molar-refractivity contribution in [2.75, 3.05) is 5.32 Å². The molecule has 0 aliphatic heterocycles. The van der Waals surface area contributed by atoms with Crippen molar-refractivity contribution in [3.63, 3.8) is 0 Å². The summed E-state index contributed by atoms with van der Waals surface area (Å²) < 4.78 is 2.00. The third-order valence-electron chi connectivity index (χ3n) is 3.11.